The number of nitrogens with zero attached hydrogens (tertiary/aromatic N) is 3. The van der Waals surface area contributed by atoms with Crippen molar-refractivity contribution in [2.75, 3.05) is 0 Å². The lowest BCUT2D eigenvalue weighted by atomic mass is 10.1. The minimum Gasteiger partial charge on any atom is -0.480 e. The maximum atomic E-state index is 11.9. The van der Waals surface area contributed by atoms with Crippen LogP contribution in [0, 0.1) is 0 Å². The molecule has 7 nitrogen and oxygen atoms in total. The molecule has 7 heteroatoms. The second-order valence-electron chi connectivity index (χ2n) is 4.62. The highest BCUT2D eigenvalue weighted by Gasteiger charge is 2.22. The first-order valence-electron chi connectivity index (χ1n) is 6.45. The average molecular weight is 288 g/mol. The average Bonchev–Trinajstić information content (AvgIpc) is 2.84. The van der Waals surface area contributed by atoms with E-state index in [9.17, 15) is 14.7 Å². The van der Waals surface area contributed by atoms with Gasteiger partial charge in [-0.25, -0.2) is 9.78 Å². The van der Waals surface area contributed by atoms with Crippen molar-refractivity contribution >= 4 is 11.9 Å². The molecular formula is C14H16N4O3. The minimum absolute atomic E-state index is 0.0896. The van der Waals surface area contributed by atoms with Gasteiger partial charge in [-0.15, -0.1) is 0 Å². The van der Waals surface area contributed by atoms with Crippen molar-refractivity contribution in [3.8, 4) is 0 Å². The smallest absolute Gasteiger partial charge is 0.326 e. The number of aryl methyl sites for hydroxylation is 1. The van der Waals surface area contributed by atoms with Crippen LogP contribution in [0.3, 0.4) is 0 Å². The van der Waals surface area contributed by atoms with Gasteiger partial charge in [0.25, 0.3) is 0 Å². The van der Waals surface area contributed by atoms with Gasteiger partial charge >= 0.3 is 5.97 Å². The van der Waals surface area contributed by atoms with Crippen LogP contribution in [-0.2, 0) is 29.5 Å². The SMILES string of the molecule is Cn1ncnc1CC(NC(=O)Cc1ccccc1)C(=O)O. The quantitative estimate of drug-likeness (QED) is 0.789. The Hall–Kier alpha value is -2.70. The molecule has 0 bridgehead atoms. The van der Waals surface area contributed by atoms with Gasteiger partial charge < -0.3 is 10.4 Å². The van der Waals surface area contributed by atoms with Crippen LogP contribution >= 0.6 is 0 Å². The molecule has 110 valence electrons. The highest BCUT2D eigenvalue weighted by molar-refractivity contribution is 5.84. The number of carbonyl (C=O) groups excluding carboxylic acids is 1. The van der Waals surface area contributed by atoms with Crippen LogP contribution in [0.4, 0.5) is 0 Å². The Labute approximate surface area is 121 Å². The van der Waals surface area contributed by atoms with Crippen LogP contribution in [0.1, 0.15) is 11.4 Å². The third-order valence-electron chi connectivity index (χ3n) is 3.03. The van der Waals surface area contributed by atoms with Crippen LogP contribution in [-0.4, -0.2) is 37.8 Å². The number of amides is 1. The second-order valence-corrected chi connectivity index (χ2v) is 4.62. The molecule has 1 heterocycles. The third-order valence-corrected chi connectivity index (χ3v) is 3.03. The van der Waals surface area contributed by atoms with Crippen molar-refractivity contribution in [1.29, 1.82) is 0 Å². The molecule has 0 aliphatic rings. The molecular weight excluding hydrogens is 272 g/mol. The van der Waals surface area contributed by atoms with Gasteiger partial charge in [0.1, 0.15) is 18.2 Å². The molecule has 0 saturated heterocycles. The summed E-state index contributed by atoms with van der Waals surface area (Å²) in [6.07, 6.45) is 1.58. The van der Waals surface area contributed by atoms with Gasteiger partial charge in [0.15, 0.2) is 0 Å². The number of rotatable bonds is 6. The predicted octanol–water partition coefficient (Wildman–Crippen LogP) is 0.170. The lowest BCUT2D eigenvalue weighted by molar-refractivity contribution is -0.141. The predicted molar refractivity (Wildman–Crippen MR) is 74.4 cm³/mol. The number of hydrogen-bond donors (Lipinski definition) is 2. The standard InChI is InChI=1S/C14H16N4O3/c1-18-12(15-9-16-18)8-11(14(20)21)17-13(19)7-10-5-3-2-4-6-10/h2-6,9,11H,7-8H2,1H3,(H,17,19)(H,20,21). The maximum absolute atomic E-state index is 11.9. The van der Waals surface area contributed by atoms with Crippen LogP contribution < -0.4 is 5.32 Å². The van der Waals surface area contributed by atoms with Crippen LogP contribution in [0.25, 0.3) is 0 Å². The number of hydrogen-bond acceptors (Lipinski definition) is 4. The molecule has 1 amide bonds. The van der Waals surface area contributed by atoms with Crippen molar-refractivity contribution in [2.45, 2.75) is 18.9 Å². The van der Waals surface area contributed by atoms with Gasteiger partial charge in [-0.2, -0.15) is 5.10 Å². The van der Waals surface area contributed by atoms with Gasteiger partial charge in [-0.05, 0) is 5.56 Å². The largest absolute Gasteiger partial charge is 0.480 e. The van der Waals surface area contributed by atoms with Crippen molar-refractivity contribution in [1.82, 2.24) is 20.1 Å². The first kappa shape index (κ1) is 14.7. The van der Waals surface area contributed by atoms with E-state index >= 15 is 0 Å². The summed E-state index contributed by atoms with van der Waals surface area (Å²) in [4.78, 5) is 27.1. The normalized spacial score (nSPS) is 11.9. The summed E-state index contributed by atoms with van der Waals surface area (Å²) in [6.45, 7) is 0. The van der Waals surface area contributed by atoms with Crippen molar-refractivity contribution < 1.29 is 14.7 Å². The Bertz CT molecular complexity index is 624. The van der Waals surface area contributed by atoms with E-state index in [0.717, 1.165) is 5.56 Å². The van der Waals surface area contributed by atoms with E-state index < -0.39 is 12.0 Å². The van der Waals surface area contributed by atoms with E-state index in [4.69, 9.17) is 0 Å². The Morgan fingerprint density at radius 3 is 2.62 bits per heavy atom. The summed E-state index contributed by atoms with van der Waals surface area (Å²) in [6, 6.07) is 8.13. The fraction of sp³-hybridized carbons (Fsp3) is 0.286. The van der Waals surface area contributed by atoms with Crippen molar-refractivity contribution in [3.63, 3.8) is 0 Å². The molecule has 0 spiro atoms. The second kappa shape index (κ2) is 6.65. The summed E-state index contributed by atoms with van der Waals surface area (Å²) in [5.41, 5.74) is 0.831. The van der Waals surface area contributed by atoms with E-state index in [1.165, 1.54) is 11.0 Å². The van der Waals surface area contributed by atoms with Crippen LogP contribution in [0.15, 0.2) is 36.7 Å². The number of aromatic nitrogens is 3. The Morgan fingerprint density at radius 1 is 1.33 bits per heavy atom. The van der Waals surface area contributed by atoms with Crippen molar-refractivity contribution in [2.24, 2.45) is 7.05 Å². The zero-order valence-electron chi connectivity index (χ0n) is 11.6. The van der Waals surface area contributed by atoms with Gasteiger partial charge in [0.05, 0.1) is 6.42 Å². The number of carbonyl (C=O) groups is 2. The molecule has 2 rings (SSSR count). The summed E-state index contributed by atoms with van der Waals surface area (Å²) in [5, 5.41) is 15.6. The molecule has 1 aromatic carbocycles. The fourth-order valence-corrected chi connectivity index (χ4v) is 1.91. The van der Waals surface area contributed by atoms with E-state index in [-0.39, 0.29) is 18.7 Å². The number of aliphatic carboxylic acids is 1. The third kappa shape index (κ3) is 4.13. The van der Waals surface area contributed by atoms with E-state index in [0.29, 0.717) is 5.82 Å². The molecule has 0 radical (unpaired) electrons. The fourth-order valence-electron chi connectivity index (χ4n) is 1.91. The van der Waals surface area contributed by atoms with Crippen LogP contribution in [0.5, 0.6) is 0 Å². The Balaban J connectivity index is 1.98. The summed E-state index contributed by atoms with van der Waals surface area (Å²) >= 11 is 0. The highest BCUT2D eigenvalue weighted by atomic mass is 16.4. The van der Waals surface area contributed by atoms with Gasteiger partial charge in [-0.1, -0.05) is 30.3 Å². The van der Waals surface area contributed by atoms with Gasteiger partial charge in [0.2, 0.25) is 5.91 Å². The molecule has 0 fully saturated rings. The number of carboxylic acid groups (broad SMARTS) is 1. The molecule has 0 aliphatic heterocycles. The molecule has 0 aliphatic carbocycles. The molecule has 0 saturated carbocycles. The van der Waals surface area contributed by atoms with E-state index in [1.54, 1.807) is 7.05 Å². The van der Waals surface area contributed by atoms with E-state index in [2.05, 4.69) is 15.4 Å². The lowest BCUT2D eigenvalue weighted by Crippen LogP contribution is -2.43. The molecule has 1 aromatic heterocycles. The van der Waals surface area contributed by atoms with Gasteiger partial charge in [0, 0.05) is 13.5 Å². The molecule has 1 unspecified atom stereocenters. The minimum atomic E-state index is -1.10. The Kier molecular flexibility index (Phi) is 4.65. The lowest BCUT2D eigenvalue weighted by Gasteiger charge is -2.14. The maximum Gasteiger partial charge on any atom is 0.326 e. The Morgan fingerprint density at radius 2 is 2.05 bits per heavy atom. The monoisotopic (exact) mass is 288 g/mol. The van der Waals surface area contributed by atoms with Crippen molar-refractivity contribution in [3.05, 3.63) is 48.0 Å². The van der Waals surface area contributed by atoms with Crippen LogP contribution in [0.2, 0.25) is 0 Å². The number of carboxylic acids is 1. The zero-order chi connectivity index (χ0) is 15.2. The molecule has 2 aromatic rings. The first-order valence-corrected chi connectivity index (χ1v) is 6.45. The first-order chi connectivity index (χ1) is 10.1. The number of nitrogens with one attached hydrogen (secondary N) is 1. The summed E-state index contributed by atoms with van der Waals surface area (Å²) < 4.78 is 1.49. The van der Waals surface area contributed by atoms with Gasteiger partial charge in [-0.3, -0.25) is 9.48 Å². The molecule has 2 N–H and O–H groups in total. The zero-order valence-corrected chi connectivity index (χ0v) is 11.6. The highest BCUT2D eigenvalue weighted by Crippen LogP contribution is 2.02. The molecule has 21 heavy (non-hydrogen) atoms. The topological polar surface area (TPSA) is 97.1 Å². The number of benzene rings is 1. The summed E-state index contributed by atoms with van der Waals surface area (Å²) in [5.74, 6) is -0.933. The molecule has 1 atom stereocenters. The van der Waals surface area contributed by atoms with E-state index in [1.807, 2.05) is 30.3 Å². The summed E-state index contributed by atoms with van der Waals surface area (Å²) in [7, 11) is 1.67.